The average molecular weight is 370 g/mol. The smallest absolute Gasteiger partial charge is 0.124 e. The van der Waals surface area contributed by atoms with Crippen molar-refractivity contribution in [3.05, 3.63) is 0 Å². The highest BCUT2D eigenvalue weighted by Gasteiger charge is 2.34. The molecule has 0 atom stereocenters. The summed E-state index contributed by atoms with van der Waals surface area (Å²) in [6.07, 6.45) is 21.7. The summed E-state index contributed by atoms with van der Waals surface area (Å²) in [5.74, 6) is 0. The second-order valence-corrected chi connectivity index (χ2v) is 14.9. The maximum absolute atomic E-state index is 3.88. The van der Waals surface area contributed by atoms with Crippen LogP contribution in [0, 0.1) is 0 Å². The minimum atomic E-state index is -1.26. The zero-order valence-corrected chi connectivity index (χ0v) is 19.8. The summed E-state index contributed by atoms with van der Waals surface area (Å²) >= 11 is 0. The van der Waals surface area contributed by atoms with E-state index >= 15 is 0 Å². The molecule has 0 bridgehead atoms. The van der Waals surface area contributed by atoms with E-state index in [0.717, 1.165) is 0 Å². The van der Waals surface area contributed by atoms with Gasteiger partial charge < -0.3 is 4.98 Å². The monoisotopic (exact) mass is 369 g/mol. The van der Waals surface area contributed by atoms with Crippen LogP contribution in [-0.2, 0) is 0 Å². The Morgan fingerprint density at radius 1 is 0.560 bits per heavy atom. The number of hydrogen-bond acceptors (Lipinski definition) is 1. The quantitative estimate of drug-likeness (QED) is 0.200. The Kier molecular flexibility index (Phi) is 15.4. The lowest BCUT2D eigenvalue weighted by molar-refractivity contribution is 0.531. The fourth-order valence-corrected chi connectivity index (χ4v) is 4.49. The Bertz CT molecular complexity index is 280. The molecular formula is C23H51NSi. The molecule has 0 aromatic heterocycles. The van der Waals surface area contributed by atoms with Gasteiger partial charge in [0.05, 0.1) is 0 Å². The third kappa shape index (κ3) is 15.0. The number of unbranched alkanes of at least 4 members (excludes halogenated alkanes) is 14. The van der Waals surface area contributed by atoms with E-state index in [1.807, 2.05) is 0 Å². The summed E-state index contributed by atoms with van der Waals surface area (Å²) in [6.45, 7) is 15.6. The van der Waals surface area contributed by atoms with Crippen LogP contribution in [0.5, 0.6) is 0 Å². The molecule has 0 saturated heterocycles. The Balaban J connectivity index is 3.22. The van der Waals surface area contributed by atoms with Crippen molar-refractivity contribution < 1.29 is 0 Å². The van der Waals surface area contributed by atoms with E-state index < -0.39 is 8.24 Å². The van der Waals surface area contributed by atoms with Gasteiger partial charge in [0.15, 0.2) is 0 Å². The molecule has 2 heteroatoms. The van der Waals surface area contributed by atoms with Gasteiger partial charge in [-0.3, -0.25) is 0 Å². The van der Waals surface area contributed by atoms with Crippen LogP contribution in [0.4, 0.5) is 0 Å². The minimum absolute atomic E-state index is 0.461. The zero-order valence-electron chi connectivity index (χ0n) is 18.8. The molecule has 1 N–H and O–H groups in total. The Labute approximate surface area is 162 Å². The van der Waals surface area contributed by atoms with Gasteiger partial charge in [-0.05, 0) is 18.0 Å². The van der Waals surface area contributed by atoms with Crippen LogP contribution in [0.25, 0.3) is 0 Å². The summed E-state index contributed by atoms with van der Waals surface area (Å²) in [6, 6.07) is 0. The third-order valence-corrected chi connectivity index (χ3v) is 11.1. The van der Waals surface area contributed by atoms with E-state index in [1.165, 1.54) is 103 Å². The van der Waals surface area contributed by atoms with Crippen LogP contribution in [0.2, 0.25) is 18.1 Å². The number of rotatable bonds is 17. The predicted octanol–water partition coefficient (Wildman–Crippen LogP) is 8.45. The van der Waals surface area contributed by atoms with E-state index in [1.54, 1.807) is 0 Å². The lowest BCUT2D eigenvalue weighted by Crippen LogP contribution is -2.52. The first kappa shape index (κ1) is 25.2. The molecule has 1 nitrogen and oxygen atoms in total. The lowest BCUT2D eigenvalue weighted by atomic mass is 10.0. The molecule has 0 spiro atoms. The molecule has 0 aliphatic heterocycles. The van der Waals surface area contributed by atoms with Gasteiger partial charge in [0.25, 0.3) is 0 Å². The maximum Gasteiger partial charge on any atom is 0.124 e. The largest absolute Gasteiger partial charge is 0.337 e. The minimum Gasteiger partial charge on any atom is -0.337 e. The average Bonchev–Trinajstić information content (AvgIpc) is 2.53. The number of hydrogen-bond donors (Lipinski definition) is 1. The van der Waals surface area contributed by atoms with Crippen molar-refractivity contribution in [1.82, 2.24) is 4.98 Å². The summed E-state index contributed by atoms with van der Waals surface area (Å²) in [5.41, 5.74) is 0. The van der Waals surface area contributed by atoms with Crippen LogP contribution < -0.4 is 4.98 Å². The van der Waals surface area contributed by atoms with Crippen LogP contribution in [0.1, 0.15) is 124 Å². The van der Waals surface area contributed by atoms with Gasteiger partial charge in [-0.1, -0.05) is 131 Å². The van der Waals surface area contributed by atoms with E-state index in [0.29, 0.717) is 5.04 Å². The molecule has 0 unspecified atom stereocenters. The molecule has 0 aliphatic rings. The predicted molar refractivity (Wildman–Crippen MR) is 120 cm³/mol. The van der Waals surface area contributed by atoms with Gasteiger partial charge in [0, 0.05) is 0 Å². The molecule has 0 aromatic rings. The van der Waals surface area contributed by atoms with Gasteiger partial charge in [0.1, 0.15) is 8.24 Å². The molecule has 0 aliphatic carbocycles. The van der Waals surface area contributed by atoms with Gasteiger partial charge in [-0.15, -0.1) is 0 Å². The molecule has 0 saturated carbocycles. The van der Waals surface area contributed by atoms with Gasteiger partial charge in [-0.25, -0.2) is 0 Å². The summed E-state index contributed by atoms with van der Waals surface area (Å²) < 4.78 is 0. The van der Waals surface area contributed by atoms with E-state index in [2.05, 4.69) is 45.8 Å². The van der Waals surface area contributed by atoms with E-state index in [9.17, 15) is 0 Å². The molecule has 25 heavy (non-hydrogen) atoms. The van der Waals surface area contributed by atoms with Crippen molar-refractivity contribution >= 4 is 8.24 Å². The highest BCUT2D eigenvalue weighted by molar-refractivity contribution is 6.77. The standard InChI is InChI=1S/C23H51NSi/c1-7-8-9-10-11-12-13-14-15-16-17-18-19-20-21-22-24-25(5,6)23(2,3)4/h24H,7-22H2,1-6H3. The van der Waals surface area contributed by atoms with Crippen LogP contribution in [0.15, 0.2) is 0 Å². The molecular weight excluding hydrogens is 318 g/mol. The van der Waals surface area contributed by atoms with Gasteiger partial charge in [0.2, 0.25) is 0 Å². The number of nitrogens with one attached hydrogen (secondary N) is 1. The van der Waals surface area contributed by atoms with Gasteiger partial charge in [-0.2, -0.15) is 0 Å². The molecule has 0 aromatic carbocycles. The van der Waals surface area contributed by atoms with E-state index in [4.69, 9.17) is 0 Å². The van der Waals surface area contributed by atoms with Crippen molar-refractivity contribution in [1.29, 1.82) is 0 Å². The first-order chi connectivity index (χ1) is 11.8. The summed E-state index contributed by atoms with van der Waals surface area (Å²) in [7, 11) is -1.26. The highest BCUT2D eigenvalue weighted by atomic mass is 28.3. The van der Waals surface area contributed by atoms with E-state index in [-0.39, 0.29) is 0 Å². The first-order valence-corrected chi connectivity index (χ1v) is 14.6. The van der Waals surface area contributed by atoms with Crippen molar-refractivity contribution in [2.75, 3.05) is 6.54 Å². The van der Waals surface area contributed by atoms with Crippen molar-refractivity contribution in [3.8, 4) is 0 Å². The topological polar surface area (TPSA) is 12.0 Å². The fraction of sp³-hybridized carbons (Fsp3) is 1.00. The zero-order chi connectivity index (χ0) is 19.0. The molecule has 152 valence electrons. The van der Waals surface area contributed by atoms with Crippen molar-refractivity contribution in [3.63, 3.8) is 0 Å². The normalized spacial score (nSPS) is 12.7. The highest BCUT2D eigenvalue weighted by Crippen LogP contribution is 2.33. The summed E-state index contributed by atoms with van der Waals surface area (Å²) in [5, 5.41) is 0.461. The second kappa shape index (κ2) is 15.3. The Morgan fingerprint density at radius 3 is 1.20 bits per heavy atom. The molecule has 0 heterocycles. The fourth-order valence-electron chi connectivity index (χ4n) is 3.16. The first-order valence-electron chi connectivity index (χ1n) is 11.6. The molecule has 0 radical (unpaired) electrons. The van der Waals surface area contributed by atoms with Crippen molar-refractivity contribution in [2.24, 2.45) is 0 Å². The van der Waals surface area contributed by atoms with Gasteiger partial charge >= 0.3 is 0 Å². The van der Waals surface area contributed by atoms with Crippen LogP contribution in [-0.4, -0.2) is 14.8 Å². The maximum atomic E-state index is 3.88. The summed E-state index contributed by atoms with van der Waals surface area (Å²) in [4.78, 5) is 3.88. The molecule has 0 fully saturated rings. The van der Waals surface area contributed by atoms with Crippen molar-refractivity contribution in [2.45, 2.75) is 142 Å². The molecule has 0 rings (SSSR count). The second-order valence-electron chi connectivity index (χ2n) is 9.75. The Hall–Kier alpha value is 0.177. The van der Waals surface area contributed by atoms with Crippen LogP contribution >= 0.6 is 0 Å². The SMILES string of the molecule is CCCCCCCCCCCCCCCCCN[Si](C)(C)C(C)(C)C. The Morgan fingerprint density at radius 2 is 0.880 bits per heavy atom. The lowest BCUT2D eigenvalue weighted by Gasteiger charge is -2.37. The molecule has 0 amide bonds. The third-order valence-electron chi connectivity index (χ3n) is 6.22. The van der Waals surface area contributed by atoms with Crippen LogP contribution in [0.3, 0.4) is 0 Å².